The summed E-state index contributed by atoms with van der Waals surface area (Å²) >= 11 is 0. The van der Waals surface area contributed by atoms with Crippen LogP contribution in [0.3, 0.4) is 0 Å². The topological polar surface area (TPSA) is 113 Å². The van der Waals surface area contributed by atoms with Crippen LogP contribution in [0, 0.1) is 11.7 Å². The van der Waals surface area contributed by atoms with Gasteiger partial charge in [0.15, 0.2) is 0 Å². The predicted octanol–water partition coefficient (Wildman–Crippen LogP) is 6.55. The molecule has 9 nitrogen and oxygen atoms in total. The average molecular weight is 570 g/mol. The van der Waals surface area contributed by atoms with E-state index in [0.29, 0.717) is 41.7 Å². The maximum Gasteiger partial charge on any atom is 0.233 e. The zero-order chi connectivity index (χ0) is 29.1. The van der Waals surface area contributed by atoms with E-state index >= 15 is 0 Å². The maximum absolute atomic E-state index is 13.3. The largest absolute Gasteiger partial charge is 0.497 e. The molecule has 218 valence electrons. The van der Waals surface area contributed by atoms with Gasteiger partial charge in [0.1, 0.15) is 11.6 Å². The molecule has 1 saturated carbocycles. The summed E-state index contributed by atoms with van der Waals surface area (Å²) in [5.41, 5.74) is 3.24. The first-order chi connectivity index (χ1) is 20.5. The third-order valence-electron chi connectivity index (χ3n) is 7.20. The van der Waals surface area contributed by atoms with Gasteiger partial charge in [-0.25, -0.2) is 4.39 Å². The van der Waals surface area contributed by atoms with Crippen molar-refractivity contribution in [2.45, 2.75) is 45.1 Å². The van der Waals surface area contributed by atoms with Gasteiger partial charge in [-0.2, -0.15) is 15.0 Å². The Bertz CT molecular complexity index is 1460. The van der Waals surface area contributed by atoms with E-state index in [9.17, 15) is 9.18 Å². The van der Waals surface area contributed by atoms with Crippen LogP contribution in [0.15, 0.2) is 72.8 Å². The van der Waals surface area contributed by atoms with E-state index in [4.69, 9.17) is 4.74 Å². The average Bonchev–Trinajstić information content (AvgIpc) is 3.01. The molecule has 0 atom stereocenters. The minimum atomic E-state index is -0.275. The minimum absolute atomic E-state index is 0.119. The Morgan fingerprint density at radius 2 is 1.52 bits per heavy atom. The van der Waals surface area contributed by atoms with Crippen LogP contribution in [0.4, 0.5) is 33.6 Å². The molecule has 1 amide bonds. The first kappa shape index (κ1) is 28.8. The zero-order valence-corrected chi connectivity index (χ0v) is 23.7. The third kappa shape index (κ3) is 8.63. The van der Waals surface area contributed by atoms with Crippen molar-refractivity contribution in [1.82, 2.24) is 15.0 Å². The fourth-order valence-corrected chi connectivity index (χ4v) is 4.93. The van der Waals surface area contributed by atoms with Crippen molar-refractivity contribution in [3.63, 3.8) is 0 Å². The summed E-state index contributed by atoms with van der Waals surface area (Å²) in [6, 6.07) is 21.1. The SMILES string of the molecule is COc1cccc(NC(=O)Cc2ccc(Nc3nc(NCc4ccc(F)cc4)nc(NCC4CCCCC4)n3)cc2)c1. The van der Waals surface area contributed by atoms with Gasteiger partial charge in [-0.05, 0) is 66.3 Å². The highest BCUT2D eigenvalue weighted by Gasteiger charge is 2.15. The normalized spacial score (nSPS) is 13.3. The molecule has 1 aromatic heterocycles. The number of aromatic nitrogens is 3. The number of hydrogen-bond acceptors (Lipinski definition) is 8. The van der Waals surface area contributed by atoms with E-state index in [1.165, 1.54) is 44.2 Å². The summed E-state index contributed by atoms with van der Waals surface area (Å²) in [4.78, 5) is 26.3. The van der Waals surface area contributed by atoms with Crippen molar-refractivity contribution >= 4 is 35.1 Å². The highest BCUT2D eigenvalue weighted by molar-refractivity contribution is 5.92. The molecule has 0 spiro atoms. The number of amides is 1. The zero-order valence-electron chi connectivity index (χ0n) is 23.7. The quantitative estimate of drug-likeness (QED) is 0.152. The van der Waals surface area contributed by atoms with Crippen molar-refractivity contribution in [3.8, 4) is 5.75 Å². The summed E-state index contributed by atoms with van der Waals surface area (Å²) in [6.45, 7) is 1.26. The smallest absolute Gasteiger partial charge is 0.233 e. The van der Waals surface area contributed by atoms with Crippen LogP contribution < -0.4 is 26.0 Å². The second-order valence-electron chi connectivity index (χ2n) is 10.5. The number of hydrogen-bond donors (Lipinski definition) is 4. The Hall–Kier alpha value is -4.73. The summed E-state index contributed by atoms with van der Waals surface area (Å²) in [7, 11) is 1.59. The van der Waals surface area contributed by atoms with Crippen LogP contribution in [0.25, 0.3) is 0 Å². The molecule has 0 unspecified atom stereocenters. The van der Waals surface area contributed by atoms with Crippen LogP contribution in [0.2, 0.25) is 0 Å². The van der Waals surface area contributed by atoms with Gasteiger partial charge in [-0.3, -0.25) is 4.79 Å². The Kier molecular flexibility index (Phi) is 9.77. The fraction of sp³-hybridized carbons (Fsp3) is 0.312. The molecule has 4 aromatic rings. The molecule has 0 aliphatic heterocycles. The number of anilines is 5. The lowest BCUT2D eigenvalue weighted by molar-refractivity contribution is -0.115. The van der Waals surface area contributed by atoms with Crippen LogP contribution in [-0.2, 0) is 17.8 Å². The highest BCUT2D eigenvalue weighted by Crippen LogP contribution is 2.24. The summed E-state index contributed by atoms with van der Waals surface area (Å²) < 4.78 is 18.5. The van der Waals surface area contributed by atoms with Gasteiger partial charge < -0.3 is 26.0 Å². The van der Waals surface area contributed by atoms with Crippen LogP contribution in [-0.4, -0.2) is 34.5 Å². The van der Waals surface area contributed by atoms with E-state index in [-0.39, 0.29) is 18.1 Å². The van der Waals surface area contributed by atoms with Crippen molar-refractivity contribution in [3.05, 3.63) is 89.7 Å². The minimum Gasteiger partial charge on any atom is -0.497 e. The van der Waals surface area contributed by atoms with Crippen molar-refractivity contribution in [2.75, 3.05) is 34.9 Å². The lowest BCUT2D eigenvalue weighted by Gasteiger charge is -2.21. The molecule has 10 heteroatoms. The summed E-state index contributed by atoms with van der Waals surface area (Å²) in [5.74, 6) is 2.19. The number of carbonyl (C=O) groups excluding carboxylic acids is 1. The van der Waals surface area contributed by atoms with E-state index in [0.717, 1.165) is 23.4 Å². The summed E-state index contributed by atoms with van der Waals surface area (Å²) in [6.07, 6.45) is 6.49. The van der Waals surface area contributed by atoms with E-state index in [1.807, 2.05) is 42.5 Å². The number of benzene rings is 3. The van der Waals surface area contributed by atoms with Gasteiger partial charge in [-0.15, -0.1) is 0 Å². The highest BCUT2D eigenvalue weighted by atomic mass is 19.1. The van der Waals surface area contributed by atoms with Gasteiger partial charge >= 0.3 is 0 Å². The summed E-state index contributed by atoms with van der Waals surface area (Å²) in [5, 5.41) is 12.8. The monoisotopic (exact) mass is 569 g/mol. The number of ether oxygens (including phenoxy) is 1. The lowest BCUT2D eigenvalue weighted by atomic mass is 9.89. The maximum atomic E-state index is 13.3. The Morgan fingerprint density at radius 1 is 0.833 bits per heavy atom. The van der Waals surface area contributed by atoms with Gasteiger partial charge in [0.25, 0.3) is 0 Å². The molecule has 5 rings (SSSR count). The molecule has 0 radical (unpaired) electrons. The van der Waals surface area contributed by atoms with Crippen LogP contribution in [0.5, 0.6) is 5.75 Å². The third-order valence-corrected chi connectivity index (χ3v) is 7.20. The van der Waals surface area contributed by atoms with Gasteiger partial charge in [0.2, 0.25) is 23.8 Å². The van der Waals surface area contributed by atoms with Crippen LogP contribution in [0.1, 0.15) is 43.2 Å². The first-order valence-electron chi connectivity index (χ1n) is 14.3. The van der Waals surface area contributed by atoms with Crippen molar-refractivity contribution < 1.29 is 13.9 Å². The number of nitrogens with one attached hydrogen (secondary N) is 4. The van der Waals surface area contributed by atoms with Gasteiger partial charge in [-0.1, -0.05) is 49.6 Å². The van der Waals surface area contributed by atoms with E-state index in [1.54, 1.807) is 25.3 Å². The van der Waals surface area contributed by atoms with Gasteiger partial charge in [0, 0.05) is 30.5 Å². The molecular formula is C32H36FN7O2. The molecule has 1 heterocycles. The second-order valence-corrected chi connectivity index (χ2v) is 10.5. The molecule has 4 N–H and O–H groups in total. The second kappa shape index (κ2) is 14.2. The molecule has 1 aliphatic carbocycles. The molecule has 1 fully saturated rings. The number of nitrogens with zero attached hydrogens (tertiary/aromatic N) is 3. The number of halogens is 1. The molecule has 3 aromatic carbocycles. The molecule has 42 heavy (non-hydrogen) atoms. The first-order valence-corrected chi connectivity index (χ1v) is 14.3. The Morgan fingerprint density at radius 3 is 2.26 bits per heavy atom. The molecule has 0 saturated heterocycles. The number of carbonyl (C=O) groups is 1. The number of rotatable bonds is 12. The van der Waals surface area contributed by atoms with Crippen LogP contribution >= 0.6 is 0 Å². The van der Waals surface area contributed by atoms with E-state index in [2.05, 4.69) is 36.2 Å². The van der Waals surface area contributed by atoms with E-state index < -0.39 is 0 Å². The Balaban J connectivity index is 1.23. The van der Waals surface area contributed by atoms with Crippen molar-refractivity contribution in [1.29, 1.82) is 0 Å². The Labute approximate surface area is 245 Å². The lowest BCUT2D eigenvalue weighted by Crippen LogP contribution is -2.19. The molecule has 1 aliphatic rings. The predicted molar refractivity (Wildman–Crippen MR) is 164 cm³/mol. The van der Waals surface area contributed by atoms with Crippen molar-refractivity contribution in [2.24, 2.45) is 5.92 Å². The fourth-order valence-electron chi connectivity index (χ4n) is 4.93. The standard InChI is InChI=1S/C32H36FN7O2/c1-42-28-9-5-8-27(19-28)36-29(41)18-22-12-16-26(17-13-22)37-32-39-30(34-20-23-6-3-2-4-7-23)38-31(40-32)35-21-24-10-14-25(33)15-11-24/h5,8-17,19,23H,2-4,6-7,18,20-21H2,1H3,(H,36,41)(H3,34,35,37,38,39,40). The van der Waals surface area contributed by atoms with Gasteiger partial charge in [0.05, 0.1) is 13.5 Å². The molecular weight excluding hydrogens is 533 g/mol. The molecule has 0 bridgehead atoms. The number of methoxy groups -OCH3 is 1.